The molecule has 0 aromatic heterocycles. The lowest BCUT2D eigenvalue weighted by molar-refractivity contribution is -0.118. The summed E-state index contributed by atoms with van der Waals surface area (Å²) in [6.45, 7) is 2.71. The van der Waals surface area contributed by atoms with Gasteiger partial charge in [0.05, 0.1) is 0 Å². The maximum atomic E-state index is 11.8. The van der Waals surface area contributed by atoms with E-state index in [9.17, 15) is 4.79 Å². The summed E-state index contributed by atoms with van der Waals surface area (Å²) in [6, 6.07) is 7.41. The van der Waals surface area contributed by atoms with Gasteiger partial charge in [0.2, 0.25) is 0 Å². The predicted octanol–water partition coefficient (Wildman–Crippen LogP) is 3.12. The molecule has 1 atom stereocenters. The van der Waals surface area contributed by atoms with Crippen LogP contribution in [0.2, 0.25) is 5.02 Å². The van der Waals surface area contributed by atoms with Gasteiger partial charge >= 0.3 is 0 Å². The summed E-state index contributed by atoms with van der Waals surface area (Å²) >= 11 is 5.79. The minimum absolute atomic E-state index is 0.0218. The average molecular weight is 252 g/mol. The van der Waals surface area contributed by atoms with Crippen LogP contribution in [-0.4, -0.2) is 31.3 Å². The molecule has 0 radical (unpaired) electrons. The van der Waals surface area contributed by atoms with E-state index < -0.39 is 0 Å². The summed E-state index contributed by atoms with van der Waals surface area (Å²) in [5, 5.41) is 0.703. The van der Waals surface area contributed by atoms with Gasteiger partial charge in [0.1, 0.15) is 0 Å². The molecule has 0 spiro atoms. The number of ketones is 1. The van der Waals surface area contributed by atoms with E-state index >= 15 is 0 Å². The van der Waals surface area contributed by atoms with E-state index in [2.05, 4.69) is 0 Å². The molecule has 1 rings (SSSR count). The first-order chi connectivity index (χ1) is 7.99. The van der Waals surface area contributed by atoms with Crippen molar-refractivity contribution in [2.24, 2.45) is 5.92 Å². The van der Waals surface area contributed by atoms with Crippen molar-refractivity contribution in [1.82, 2.24) is 4.90 Å². The van der Waals surface area contributed by atoms with E-state index in [4.69, 9.17) is 11.6 Å². The minimum atomic E-state index is 0.0218. The number of nitrogens with zero attached hydrogens (tertiary/aromatic N) is 1. The molecule has 0 saturated heterocycles. The van der Waals surface area contributed by atoms with Crippen LogP contribution < -0.4 is 0 Å². The fraction of sp³-hybridized carbons (Fsp3) is 0.357. The van der Waals surface area contributed by atoms with Crippen LogP contribution in [0.15, 0.2) is 30.3 Å². The summed E-state index contributed by atoms with van der Waals surface area (Å²) in [5.74, 6) is 0.169. The molecular formula is C14H18ClNO. The molecule has 17 heavy (non-hydrogen) atoms. The Morgan fingerprint density at radius 2 is 1.94 bits per heavy atom. The largest absolute Gasteiger partial charge is 0.309 e. The Bertz CT molecular complexity index is 395. The molecule has 1 unspecified atom stereocenters. The van der Waals surface area contributed by atoms with Crippen LogP contribution in [0.25, 0.3) is 6.08 Å². The fourth-order valence-corrected chi connectivity index (χ4v) is 1.68. The lowest BCUT2D eigenvalue weighted by Crippen LogP contribution is -2.24. The second kappa shape index (κ2) is 6.58. The summed E-state index contributed by atoms with van der Waals surface area (Å²) in [4.78, 5) is 13.8. The highest BCUT2D eigenvalue weighted by atomic mass is 35.5. The van der Waals surface area contributed by atoms with E-state index in [-0.39, 0.29) is 11.7 Å². The number of allylic oxidation sites excluding steroid dienone is 1. The van der Waals surface area contributed by atoms with E-state index in [1.165, 1.54) is 0 Å². The number of benzene rings is 1. The van der Waals surface area contributed by atoms with Crippen LogP contribution in [0.1, 0.15) is 12.5 Å². The lowest BCUT2D eigenvalue weighted by Gasteiger charge is -2.13. The van der Waals surface area contributed by atoms with Crippen molar-refractivity contribution >= 4 is 23.5 Å². The summed E-state index contributed by atoms with van der Waals surface area (Å²) in [7, 11) is 3.93. The Labute approximate surface area is 108 Å². The zero-order valence-electron chi connectivity index (χ0n) is 10.5. The third-order valence-corrected chi connectivity index (χ3v) is 2.69. The van der Waals surface area contributed by atoms with Gasteiger partial charge in [-0.25, -0.2) is 0 Å². The minimum Gasteiger partial charge on any atom is -0.309 e. The summed E-state index contributed by atoms with van der Waals surface area (Å²) in [5.41, 5.74) is 0.986. The molecule has 0 aliphatic carbocycles. The molecule has 1 aromatic rings. The highest BCUT2D eigenvalue weighted by Gasteiger charge is 2.10. The van der Waals surface area contributed by atoms with E-state index in [0.717, 1.165) is 12.1 Å². The number of rotatable bonds is 5. The molecule has 0 N–H and O–H groups in total. The van der Waals surface area contributed by atoms with Gasteiger partial charge in [0.25, 0.3) is 0 Å². The smallest absolute Gasteiger partial charge is 0.159 e. The van der Waals surface area contributed by atoms with Gasteiger partial charge in [0.15, 0.2) is 5.78 Å². The summed E-state index contributed by atoms with van der Waals surface area (Å²) in [6.07, 6.45) is 3.46. The molecule has 0 aliphatic rings. The van der Waals surface area contributed by atoms with Crippen LogP contribution in [0.4, 0.5) is 0 Å². The van der Waals surface area contributed by atoms with Crippen molar-refractivity contribution in [2.75, 3.05) is 20.6 Å². The zero-order chi connectivity index (χ0) is 12.8. The molecule has 1 aromatic carbocycles. The SMILES string of the molecule is CC(CN(C)C)C(=O)C=Cc1ccc(Cl)cc1. The average Bonchev–Trinajstić information content (AvgIpc) is 2.27. The Kier molecular flexibility index (Phi) is 5.39. The fourth-order valence-electron chi connectivity index (χ4n) is 1.55. The second-order valence-electron chi connectivity index (χ2n) is 4.45. The third kappa shape index (κ3) is 5.16. The zero-order valence-corrected chi connectivity index (χ0v) is 11.2. The highest BCUT2D eigenvalue weighted by Crippen LogP contribution is 2.11. The maximum Gasteiger partial charge on any atom is 0.159 e. The van der Waals surface area contributed by atoms with Crippen LogP contribution in [0.3, 0.4) is 0 Å². The van der Waals surface area contributed by atoms with Crippen LogP contribution in [0.5, 0.6) is 0 Å². The maximum absolute atomic E-state index is 11.8. The number of hydrogen-bond acceptors (Lipinski definition) is 2. The van der Waals surface area contributed by atoms with Crippen molar-refractivity contribution in [3.8, 4) is 0 Å². The second-order valence-corrected chi connectivity index (χ2v) is 4.89. The van der Waals surface area contributed by atoms with Crippen molar-refractivity contribution in [3.05, 3.63) is 40.9 Å². The van der Waals surface area contributed by atoms with Gasteiger partial charge in [-0.15, -0.1) is 0 Å². The number of carbonyl (C=O) groups is 1. The Morgan fingerprint density at radius 1 is 1.35 bits per heavy atom. The molecule has 3 heteroatoms. The highest BCUT2D eigenvalue weighted by molar-refractivity contribution is 6.30. The van der Waals surface area contributed by atoms with Gasteiger partial charge in [-0.2, -0.15) is 0 Å². The van der Waals surface area contributed by atoms with Crippen molar-refractivity contribution < 1.29 is 4.79 Å². The first-order valence-electron chi connectivity index (χ1n) is 5.61. The van der Waals surface area contributed by atoms with Gasteiger partial charge in [-0.3, -0.25) is 4.79 Å². The van der Waals surface area contributed by atoms with E-state index in [1.54, 1.807) is 6.08 Å². The normalized spacial score (nSPS) is 13.2. The summed E-state index contributed by atoms with van der Waals surface area (Å²) < 4.78 is 0. The lowest BCUT2D eigenvalue weighted by atomic mass is 10.0. The molecule has 0 fully saturated rings. The third-order valence-electron chi connectivity index (χ3n) is 2.43. The first kappa shape index (κ1) is 13.9. The van der Waals surface area contributed by atoms with Gasteiger partial charge in [-0.05, 0) is 37.9 Å². The Morgan fingerprint density at radius 3 is 2.47 bits per heavy atom. The predicted molar refractivity (Wildman–Crippen MR) is 73.2 cm³/mol. The van der Waals surface area contributed by atoms with Crippen molar-refractivity contribution in [2.45, 2.75) is 6.92 Å². The van der Waals surface area contributed by atoms with Crippen LogP contribution >= 0.6 is 11.6 Å². The molecule has 0 aliphatic heterocycles. The first-order valence-corrected chi connectivity index (χ1v) is 5.99. The number of hydrogen-bond donors (Lipinski definition) is 0. The molecule has 92 valence electrons. The molecule has 0 heterocycles. The monoisotopic (exact) mass is 251 g/mol. The molecule has 2 nitrogen and oxygen atoms in total. The Balaban J connectivity index is 2.58. The molecule has 0 bridgehead atoms. The Hall–Kier alpha value is -1.12. The quantitative estimate of drug-likeness (QED) is 0.750. The van der Waals surface area contributed by atoms with Crippen molar-refractivity contribution in [3.63, 3.8) is 0 Å². The molecule has 0 amide bonds. The molecule has 0 saturated carbocycles. The standard InChI is InChI=1S/C14H18ClNO/c1-11(10-16(2)3)14(17)9-6-12-4-7-13(15)8-5-12/h4-9,11H,10H2,1-3H3. The van der Waals surface area contributed by atoms with Gasteiger partial charge in [-0.1, -0.05) is 36.7 Å². The van der Waals surface area contributed by atoms with Crippen LogP contribution in [0, 0.1) is 5.92 Å². The van der Waals surface area contributed by atoms with Gasteiger partial charge in [0, 0.05) is 17.5 Å². The number of carbonyl (C=O) groups excluding carboxylic acids is 1. The van der Waals surface area contributed by atoms with Crippen LogP contribution in [-0.2, 0) is 4.79 Å². The molecular weight excluding hydrogens is 234 g/mol. The topological polar surface area (TPSA) is 20.3 Å². The van der Waals surface area contributed by atoms with E-state index in [1.807, 2.05) is 56.3 Å². The van der Waals surface area contributed by atoms with Gasteiger partial charge < -0.3 is 4.90 Å². The number of halogens is 1. The van der Waals surface area contributed by atoms with E-state index in [0.29, 0.717) is 5.02 Å². The van der Waals surface area contributed by atoms with Crippen molar-refractivity contribution in [1.29, 1.82) is 0 Å².